The number of pyridine rings is 1. The van der Waals surface area contributed by atoms with Crippen molar-refractivity contribution < 1.29 is 14.3 Å². The molecule has 1 aromatic heterocycles. The molecule has 1 amide bonds. The second-order valence-electron chi connectivity index (χ2n) is 6.36. The number of hydrogen-bond donors (Lipinski definition) is 1. The first-order valence-electron chi connectivity index (χ1n) is 7.11. The molecular weight excluding hydrogens is 282 g/mol. The SMILES string of the molecule is CN1CC(=O)Nc2ncc(C=CC(=O)OC(C)(C)C)cc2C1. The van der Waals surface area contributed by atoms with E-state index in [-0.39, 0.29) is 5.91 Å². The molecule has 0 aromatic carbocycles. The number of aromatic nitrogens is 1. The van der Waals surface area contributed by atoms with Crippen LogP contribution in [0.4, 0.5) is 5.82 Å². The average molecular weight is 303 g/mol. The Hall–Kier alpha value is -2.21. The Labute approximate surface area is 130 Å². The Kier molecular flexibility index (Phi) is 4.61. The molecule has 0 aliphatic carbocycles. The molecule has 0 radical (unpaired) electrons. The molecule has 118 valence electrons. The third kappa shape index (κ3) is 4.66. The van der Waals surface area contributed by atoms with Crippen LogP contribution >= 0.6 is 0 Å². The molecule has 0 bridgehead atoms. The molecule has 0 saturated heterocycles. The number of carbonyl (C=O) groups is 2. The van der Waals surface area contributed by atoms with Gasteiger partial charge in [-0.3, -0.25) is 9.69 Å². The zero-order valence-electron chi connectivity index (χ0n) is 13.3. The Balaban J connectivity index is 2.14. The number of carbonyl (C=O) groups excluding carboxylic acids is 2. The van der Waals surface area contributed by atoms with Gasteiger partial charge in [0.25, 0.3) is 0 Å². The van der Waals surface area contributed by atoms with Crippen LogP contribution < -0.4 is 5.32 Å². The summed E-state index contributed by atoms with van der Waals surface area (Å²) in [5, 5.41) is 2.77. The van der Waals surface area contributed by atoms with Gasteiger partial charge in [-0.05, 0) is 45.5 Å². The topological polar surface area (TPSA) is 71.5 Å². The first kappa shape index (κ1) is 16.2. The average Bonchev–Trinajstić information content (AvgIpc) is 2.50. The molecule has 0 unspecified atom stereocenters. The van der Waals surface area contributed by atoms with Crippen molar-refractivity contribution in [1.82, 2.24) is 9.88 Å². The van der Waals surface area contributed by atoms with Crippen molar-refractivity contribution in [3.05, 3.63) is 29.5 Å². The van der Waals surface area contributed by atoms with Crippen molar-refractivity contribution >= 4 is 23.8 Å². The maximum Gasteiger partial charge on any atom is 0.331 e. The highest BCUT2D eigenvalue weighted by molar-refractivity contribution is 5.93. The molecule has 6 heteroatoms. The van der Waals surface area contributed by atoms with Crippen LogP contribution in [-0.4, -0.2) is 41.0 Å². The molecule has 0 saturated carbocycles. The van der Waals surface area contributed by atoms with E-state index in [0.29, 0.717) is 18.9 Å². The predicted molar refractivity (Wildman–Crippen MR) is 84.1 cm³/mol. The van der Waals surface area contributed by atoms with Crippen molar-refractivity contribution in [3.63, 3.8) is 0 Å². The van der Waals surface area contributed by atoms with E-state index in [2.05, 4.69) is 10.3 Å². The van der Waals surface area contributed by atoms with Gasteiger partial charge < -0.3 is 10.1 Å². The summed E-state index contributed by atoms with van der Waals surface area (Å²) < 4.78 is 5.21. The second-order valence-corrected chi connectivity index (χ2v) is 6.36. The lowest BCUT2D eigenvalue weighted by atomic mass is 10.1. The van der Waals surface area contributed by atoms with Crippen LogP contribution in [-0.2, 0) is 20.9 Å². The zero-order valence-corrected chi connectivity index (χ0v) is 13.3. The third-order valence-corrected chi connectivity index (χ3v) is 2.92. The van der Waals surface area contributed by atoms with E-state index in [9.17, 15) is 9.59 Å². The molecular formula is C16H21N3O3. The Morgan fingerprint density at radius 2 is 2.14 bits per heavy atom. The predicted octanol–water partition coefficient (Wildman–Crippen LogP) is 1.82. The van der Waals surface area contributed by atoms with Crippen LogP contribution in [0.25, 0.3) is 6.08 Å². The largest absolute Gasteiger partial charge is 0.457 e. The van der Waals surface area contributed by atoms with Crippen molar-refractivity contribution in [2.24, 2.45) is 0 Å². The lowest BCUT2D eigenvalue weighted by molar-refractivity contribution is -0.148. The van der Waals surface area contributed by atoms with E-state index in [1.54, 1.807) is 12.3 Å². The number of esters is 1. The minimum atomic E-state index is -0.513. The van der Waals surface area contributed by atoms with Gasteiger partial charge in [-0.1, -0.05) is 0 Å². The fourth-order valence-electron chi connectivity index (χ4n) is 2.12. The summed E-state index contributed by atoms with van der Waals surface area (Å²) in [6.45, 7) is 6.41. The van der Waals surface area contributed by atoms with Crippen molar-refractivity contribution in [2.45, 2.75) is 32.9 Å². The number of ether oxygens (including phenoxy) is 1. The van der Waals surface area contributed by atoms with E-state index in [1.807, 2.05) is 38.8 Å². The summed E-state index contributed by atoms with van der Waals surface area (Å²) in [4.78, 5) is 29.5. The first-order chi connectivity index (χ1) is 10.2. The summed E-state index contributed by atoms with van der Waals surface area (Å²) in [7, 11) is 1.87. The van der Waals surface area contributed by atoms with Gasteiger partial charge in [0, 0.05) is 24.4 Å². The Morgan fingerprint density at radius 3 is 2.82 bits per heavy atom. The van der Waals surface area contributed by atoms with Gasteiger partial charge in [-0.25, -0.2) is 9.78 Å². The fourth-order valence-corrected chi connectivity index (χ4v) is 2.12. The van der Waals surface area contributed by atoms with Crippen LogP contribution in [0.1, 0.15) is 31.9 Å². The number of hydrogen-bond acceptors (Lipinski definition) is 5. The van der Waals surface area contributed by atoms with Gasteiger partial charge in [-0.15, -0.1) is 0 Å². The van der Waals surface area contributed by atoms with Crippen LogP contribution in [0.15, 0.2) is 18.3 Å². The molecule has 0 atom stereocenters. The van der Waals surface area contributed by atoms with E-state index in [1.165, 1.54) is 6.08 Å². The molecule has 1 aliphatic rings. The van der Waals surface area contributed by atoms with Gasteiger partial charge in [-0.2, -0.15) is 0 Å². The number of nitrogens with zero attached hydrogens (tertiary/aromatic N) is 2. The molecule has 22 heavy (non-hydrogen) atoms. The van der Waals surface area contributed by atoms with Gasteiger partial charge in [0.1, 0.15) is 11.4 Å². The standard InChI is InChI=1S/C16H21N3O3/c1-16(2,3)22-14(21)6-5-11-7-12-9-19(4)10-13(20)18-15(12)17-8-11/h5-8H,9-10H2,1-4H3,(H,17,18,20). The normalized spacial score (nSPS) is 16.1. The molecule has 1 aliphatic heterocycles. The van der Waals surface area contributed by atoms with Crippen molar-refractivity contribution in [1.29, 1.82) is 0 Å². The molecule has 1 aromatic rings. The number of amides is 1. The maximum absolute atomic E-state index is 11.7. The molecule has 0 fully saturated rings. The maximum atomic E-state index is 11.7. The number of anilines is 1. The summed E-state index contributed by atoms with van der Waals surface area (Å²) in [6, 6.07) is 1.91. The summed E-state index contributed by atoms with van der Waals surface area (Å²) in [5.41, 5.74) is 1.19. The molecule has 2 heterocycles. The number of rotatable bonds is 2. The number of likely N-dealkylation sites (N-methyl/N-ethyl adjacent to an activating group) is 1. The third-order valence-electron chi connectivity index (χ3n) is 2.92. The van der Waals surface area contributed by atoms with Gasteiger partial charge >= 0.3 is 5.97 Å². The van der Waals surface area contributed by atoms with Crippen LogP contribution in [0.5, 0.6) is 0 Å². The smallest absolute Gasteiger partial charge is 0.331 e. The summed E-state index contributed by atoms with van der Waals surface area (Å²) in [6.07, 6.45) is 4.66. The van der Waals surface area contributed by atoms with Crippen LogP contribution in [0, 0.1) is 0 Å². The minimum absolute atomic E-state index is 0.0780. The van der Waals surface area contributed by atoms with E-state index >= 15 is 0 Å². The van der Waals surface area contributed by atoms with E-state index in [4.69, 9.17) is 4.74 Å². The molecule has 6 nitrogen and oxygen atoms in total. The quantitative estimate of drug-likeness (QED) is 0.666. The van der Waals surface area contributed by atoms with Gasteiger partial charge in [0.2, 0.25) is 5.91 Å². The fraction of sp³-hybridized carbons (Fsp3) is 0.438. The zero-order chi connectivity index (χ0) is 16.3. The molecule has 1 N–H and O–H groups in total. The lowest BCUT2D eigenvalue weighted by Gasteiger charge is -2.17. The highest BCUT2D eigenvalue weighted by Gasteiger charge is 2.17. The Morgan fingerprint density at radius 1 is 1.41 bits per heavy atom. The van der Waals surface area contributed by atoms with Crippen molar-refractivity contribution in [2.75, 3.05) is 18.9 Å². The van der Waals surface area contributed by atoms with Crippen LogP contribution in [0.2, 0.25) is 0 Å². The van der Waals surface area contributed by atoms with E-state index < -0.39 is 11.6 Å². The lowest BCUT2D eigenvalue weighted by Crippen LogP contribution is -2.26. The number of nitrogens with one attached hydrogen (secondary N) is 1. The molecule has 2 rings (SSSR count). The van der Waals surface area contributed by atoms with Gasteiger partial charge in [0.15, 0.2) is 0 Å². The summed E-state index contributed by atoms with van der Waals surface area (Å²) in [5.74, 6) is 0.0995. The molecule has 0 spiro atoms. The highest BCUT2D eigenvalue weighted by Crippen LogP contribution is 2.19. The highest BCUT2D eigenvalue weighted by atomic mass is 16.6. The van der Waals surface area contributed by atoms with Gasteiger partial charge in [0.05, 0.1) is 6.54 Å². The van der Waals surface area contributed by atoms with Crippen molar-refractivity contribution in [3.8, 4) is 0 Å². The Bertz CT molecular complexity index is 618. The monoisotopic (exact) mass is 303 g/mol. The number of fused-ring (bicyclic) bond motifs is 1. The summed E-state index contributed by atoms with van der Waals surface area (Å²) >= 11 is 0. The van der Waals surface area contributed by atoms with Crippen LogP contribution in [0.3, 0.4) is 0 Å². The van der Waals surface area contributed by atoms with E-state index in [0.717, 1.165) is 11.1 Å². The second kappa shape index (κ2) is 6.27. The first-order valence-corrected chi connectivity index (χ1v) is 7.11. The minimum Gasteiger partial charge on any atom is -0.457 e.